The topological polar surface area (TPSA) is 66.8 Å². The molecule has 0 saturated heterocycles. The van der Waals surface area contributed by atoms with Crippen LogP contribution in [0.15, 0.2) is 16.8 Å². The predicted molar refractivity (Wildman–Crippen MR) is 64.0 cm³/mol. The fourth-order valence-corrected chi connectivity index (χ4v) is 1.94. The first kappa shape index (κ1) is 13.5. The third-order valence-corrected chi connectivity index (χ3v) is 2.81. The SMILES string of the molecule is CCOC(=O)N(CCC(=O)O)Cc1ccsc1. The summed E-state index contributed by atoms with van der Waals surface area (Å²) in [5.74, 6) is -0.926. The second-order valence-corrected chi connectivity index (χ2v) is 4.18. The molecule has 1 aromatic heterocycles. The number of carboxylic acids is 1. The molecule has 94 valence electrons. The van der Waals surface area contributed by atoms with E-state index in [1.807, 2.05) is 16.8 Å². The standard InChI is InChI=1S/C11H15NO4S/c1-2-16-11(15)12(5-3-10(13)14)7-9-4-6-17-8-9/h4,6,8H,2-3,5,7H2,1H3,(H,13,14). The first-order valence-corrected chi connectivity index (χ1v) is 6.22. The number of nitrogens with zero attached hydrogens (tertiary/aromatic N) is 1. The van der Waals surface area contributed by atoms with Crippen LogP contribution in [0.4, 0.5) is 4.79 Å². The van der Waals surface area contributed by atoms with Crippen LogP contribution in [-0.2, 0) is 16.1 Å². The number of ether oxygens (including phenoxy) is 1. The minimum Gasteiger partial charge on any atom is -0.481 e. The third kappa shape index (κ3) is 4.86. The molecule has 1 amide bonds. The van der Waals surface area contributed by atoms with Crippen LogP contribution in [0.1, 0.15) is 18.9 Å². The summed E-state index contributed by atoms with van der Waals surface area (Å²) in [4.78, 5) is 23.5. The molecular formula is C11H15NO4S. The van der Waals surface area contributed by atoms with Crippen LogP contribution in [-0.4, -0.2) is 35.2 Å². The minimum atomic E-state index is -0.926. The van der Waals surface area contributed by atoms with Crippen LogP contribution in [0.25, 0.3) is 0 Å². The summed E-state index contributed by atoms with van der Waals surface area (Å²) < 4.78 is 4.88. The van der Waals surface area contributed by atoms with E-state index < -0.39 is 12.1 Å². The number of hydrogen-bond donors (Lipinski definition) is 1. The monoisotopic (exact) mass is 257 g/mol. The molecule has 1 rings (SSSR count). The lowest BCUT2D eigenvalue weighted by molar-refractivity contribution is -0.137. The second kappa shape index (κ2) is 6.90. The zero-order chi connectivity index (χ0) is 12.7. The quantitative estimate of drug-likeness (QED) is 0.848. The van der Waals surface area contributed by atoms with E-state index in [0.717, 1.165) is 5.56 Å². The maximum absolute atomic E-state index is 11.6. The molecule has 0 aliphatic carbocycles. The fourth-order valence-electron chi connectivity index (χ4n) is 1.28. The van der Waals surface area contributed by atoms with Crippen molar-refractivity contribution >= 4 is 23.4 Å². The van der Waals surface area contributed by atoms with Gasteiger partial charge in [-0.2, -0.15) is 11.3 Å². The number of carboxylic acid groups (broad SMARTS) is 1. The first-order chi connectivity index (χ1) is 8.13. The summed E-state index contributed by atoms with van der Waals surface area (Å²) in [6.07, 6.45) is -0.553. The normalized spacial score (nSPS) is 9.94. The van der Waals surface area contributed by atoms with Gasteiger partial charge in [0, 0.05) is 13.1 Å². The maximum Gasteiger partial charge on any atom is 0.410 e. The van der Waals surface area contributed by atoms with Gasteiger partial charge >= 0.3 is 12.1 Å². The summed E-state index contributed by atoms with van der Waals surface area (Å²) in [6, 6.07) is 1.90. The van der Waals surface area contributed by atoms with Crippen molar-refractivity contribution in [2.45, 2.75) is 19.9 Å². The van der Waals surface area contributed by atoms with Gasteiger partial charge in [0.15, 0.2) is 0 Å². The van der Waals surface area contributed by atoms with Crippen LogP contribution in [0.5, 0.6) is 0 Å². The van der Waals surface area contributed by atoms with Crippen molar-refractivity contribution in [1.29, 1.82) is 0 Å². The van der Waals surface area contributed by atoms with E-state index in [4.69, 9.17) is 9.84 Å². The van der Waals surface area contributed by atoms with Gasteiger partial charge in [0.25, 0.3) is 0 Å². The Morgan fingerprint density at radius 2 is 2.29 bits per heavy atom. The highest BCUT2D eigenvalue weighted by Crippen LogP contribution is 2.11. The van der Waals surface area contributed by atoms with Crippen LogP contribution in [0.3, 0.4) is 0 Å². The van der Waals surface area contributed by atoms with E-state index in [0.29, 0.717) is 6.54 Å². The zero-order valence-electron chi connectivity index (χ0n) is 9.59. The lowest BCUT2D eigenvalue weighted by atomic mass is 10.3. The van der Waals surface area contributed by atoms with Crippen molar-refractivity contribution in [2.24, 2.45) is 0 Å². The average Bonchev–Trinajstić information content (AvgIpc) is 2.76. The van der Waals surface area contributed by atoms with Gasteiger partial charge in [0.05, 0.1) is 13.0 Å². The molecule has 1 heterocycles. The van der Waals surface area contributed by atoms with E-state index in [1.54, 1.807) is 6.92 Å². The van der Waals surface area contributed by atoms with Gasteiger partial charge in [-0.3, -0.25) is 4.79 Å². The highest BCUT2D eigenvalue weighted by Gasteiger charge is 2.16. The molecule has 0 bridgehead atoms. The summed E-state index contributed by atoms with van der Waals surface area (Å²) in [5.41, 5.74) is 0.980. The Kier molecular flexibility index (Phi) is 5.48. The van der Waals surface area contributed by atoms with Crippen LogP contribution in [0, 0.1) is 0 Å². The van der Waals surface area contributed by atoms with Crippen LogP contribution in [0.2, 0.25) is 0 Å². The Balaban J connectivity index is 2.58. The van der Waals surface area contributed by atoms with E-state index in [9.17, 15) is 9.59 Å². The van der Waals surface area contributed by atoms with Crippen molar-refractivity contribution in [3.8, 4) is 0 Å². The smallest absolute Gasteiger partial charge is 0.410 e. The Labute approximate surface area is 104 Å². The van der Waals surface area contributed by atoms with Gasteiger partial charge in [0.1, 0.15) is 0 Å². The lowest BCUT2D eigenvalue weighted by Gasteiger charge is -2.20. The third-order valence-electron chi connectivity index (χ3n) is 2.08. The van der Waals surface area contributed by atoms with Crippen molar-refractivity contribution in [2.75, 3.05) is 13.2 Å². The van der Waals surface area contributed by atoms with E-state index in [2.05, 4.69) is 0 Å². The van der Waals surface area contributed by atoms with Gasteiger partial charge < -0.3 is 14.7 Å². The predicted octanol–water partition coefficient (Wildman–Crippen LogP) is 2.18. The van der Waals surface area contributed by atoms with Crippen LogP contribution >= 0.6 is 11.3 Å². The molecule has 5 nitrogen and oxygen atoms in total. The van der Waals surface area contributed by atoms with Gasteiger partial charge in [-0.15, -0.1) is 0 Å². The lowest BCUT2D eigenvalue weighted by Crippen LogP contribution is -2.33. The Morgan fingerprint density at radius 1 is 1.53 bits per heavy atom. The summed E-state index contributed by atoms with van der Waals surface area (Å²) in [5, 5.41) is 12.5. The van der Waals surface area contributed by atoms with E-state index in [1.165, 1.54) is 16.2 Å². The Bertz CT molecular complexity index is 364. The minimum absolute atomic E-state index is 0.0804. The Hall–Kier alpha value is -1.56. The fraction of sp³-hybridized carbons (Fsp3) is 0.455. The molecule has 6 heteroatoms. The molecule has 0 unspecified atom stereocenters. The molecule has 1 N–H and O–H groups in total. The van der Waals surface area contributed by atoms with Gasteiger partial charge in [-0.05, 0) is 29.3 Å². The average molecular weight is 257 g/mol. The van der Waals surface area contributed by atoms with Crippen LogP contribution < -0.4 is 0 Å². The zero-order valence-corrected chi connectivity index (χ0v) is 10.4. The highest BCUT2D eigenvalue weighted by molar-refractivity contribution is 7.07. The second-order valence-electron chi connectivity index (χ2n) is 3.40. The molecule has 0 spiro atoms. The first-order valence-electron chi connectivity index (χ1n) is 5.28. The van der Waals surface area contributed by atoms with Gasteiger partial charge in [-0.1, -0.05) is 0 Å². The molecule has 0 aliphatic rings. The number of carbonyl (C=O) groups excluding carboxylic acids is 1. The largest absolute Gasteiger partial charge is 0.481 e. The molecule has 1 aromatic rings. The number of amides is 1. The van der Waals surface area contributed by atoms with E-state index in [-0.39, 0.29) is 19.6 Å². The molecule has 0 fully saturated rings. The maximum atomic E-state index is 11.6. The number of hydrogen-bond acceptors (Lipinski definition) is 4. The van der Waals surface area contributed by atoms with Crippen molar-refractivity contribution in [3.05, 3.63) is 22.4 Å². The molecule has 17 heavy (non-hydrogen) atoms. The number of thiophene rings is 1. The number of aliphatic carboxylic acids is 1. The van der Waals surface area contributed by atoms with E-state index >= 15 is 0 Å². The highest BCUT2D eigenvalue weighted by atomic mass is 32.1. The van der Waals surface area contributed by atoms with Crippen molar-refractivity contribution < 1.29 is 19.4 Å². The molecule has 0 saturated carbocycles. The molecule has 0 atom stereocenters. The Morgan fingerprint density at radius 3 is 2.82 bits per heavy atom. The number of rotatable bonds is 6. The molecule has 0 aromatic carbocycles. The van der Waals surface area contributed by atoms with Crippen molar-refractivity contribution in [3.63, 3.8) is 0 Å². The molecule has 0 aliphatic heterocycles. The number of carbonyl (C=O) groups is 2. The summed E-state index contributed by atoms with van der Waals surface area (Å²) in [6.45, 7) is 2.55. The van der Waals surface area contributed by atoms with Gasteiger partial charge in [-0.25, -0.2) is 4.79 Å². The van der Waals surface area contributed by atoms with Gasteiger partial charge in [0.2, 0.25) is 0 Å². The molecular weight excluding hydrogens is 242 g/mol. The molecule has 0 radical (unpaired) electrons. The summed E-state index contributed by atoms with van der Waals surface area (Å²) in [7, 11) is 0. The summed E-state index contributed by atoms with van der Waals surface area (Å²) >= 11 is 1.54. The van der Waals surface area contributed by atoms with Crippen molar-refractivity contribution in [1.82, 2.24) is 4.90 Å².